The molecule has 0 aliphatic heterocycles. The van der Waals surface area contributed by atoms with Gasteiger partial charge in [0.25, 0.3) is 5.56 Å². The normalized spacial score (nSPS) is 11.4. The van der Waals surface area contributed by atoms with E-state index >= 15 is 0 Å². The van der Waals surface area contributed by atoms with Gasteiger partial charge in [0.05, 0.1) is 11.4 Å². The summed E-state index contributed by atoms with van der Waals surface area (Å²) in [5, 5.41) is 0. The zero-order valence-electron chi connectivity index (χ0n) is 13.1. The van der Waals surface area contributed by atoms with E-state index in [2.05, 4.69) is 9.97 Å². The van der Waals surface area contributed by atoms with Gasteiger partial charge in [0.1, 0.15) is 0 Å². The first-order chi connectivity index (χ1) is 11.0. The second-order valence-electron chi connectivity index (χ2n) is 5.32. The molecule has 2 heterocycles. The lowest BCUT2D eigenvalue weighted by atomic mass is 10.2. The SMILES string of the molecule is Cc1nc2c(=O)n(C)c(=O)n(C)c2nc1C=Cc1ccccc1. The van der Waals surface area contributed by atoms with Crippen molar-refractivity contribution in [3.63, 3.8) is 0 Å². The van der Waals surface area contributed by atoms with Crippen molar-refractivity contribution in [3.05, 3.63) is 68.1 Å². The van der Waals surface area contributed by atoms with Crippen LogP contribution in [0.4, 0.5) is 0 Å². The second kappa shape index (κ2) is 5.64. The molecule has 0 N–H and O–H groups in total. The molecule has 23 heavy (non-hydrogen) atoms. The molecule has 0 fully saturated rings. The van der Waals surface area contributed by atoms with Crippen molar-refractivity contribution in [1.82, 2.24) is 19.1 Å². The average molecular weight is 308 g/mol. The molecule has 0 saturated heterocycles. The summed E-state index contributed by atoms with van der Waals surface area (Å²) in [5.74, 6) is 0. The Bertz CT molecular complexity index is 1030. The predicted octanol–water partition coefficient (Wildman–Crippen LogP) is 1.51. The third-order valence-corrected chi connectivity index (χ3v) is 3.72. The molecular weight excluding hydrogens is 292 g/mol. The fourth-order valence-corrected chi connectivity index (χ4v) is 2.36. The number of aromatic nitrogens is 4. The van der Waals surface area contributed by atoms with Gasteiger partial charge >= 0.3 is 5.69 Å². The summed E-state index contributed by atoms with van der Waals surface area (Å²) >= 11 is 0. The highest BCUT2D eigenvalue weighted by molar-refractivity contribution is 5.74. The summed E-state index contributed by atoms with van der Waals surface area (Å²) < 4.78 is 2.37. The van der Waals surface area contributed by atoms with Gasteiger partial charge in [0.15, 0.2) is 11.2 Å². The van der Waals surface area contributed by atoms with Crippen LogP contribution in [-0.4, -0.2) is 19.1 Å². The molecule has 3 aromatic rings. The van der Waals surface area contributed by atoms with Crippen molar-refractivity contribution in [2.75, 3.05) is 0 Å². The fourth-order valence-electron chi connectivity index (χ4n) is 2.36. The summed E-state index contributed by atoms with van der Waals surface area (Å²) in [6.07, 6.45) is 3.75. The third-order valence-electron chi connectivity index (χ3n) is 3.72. The van der Waals surface area contributed by atoms with Gasteiger partial charge < -0.3 is 0 Å². The minimum Gasteiger partial charge on any atom is -0.279 e. The number of fused-ring (bicyclic) bond motifs is 1. The standard InChI is InChI=1S/C17H16N4O2/c1-11-13(10-9-12-7-5-4-6-8-12)19-15-14(18-11)16(22)21(3)17(23)20(15)2/h4-10H,1-3H3. The first-order valence-corrected chi connectivity index (χ1v) is 7.16. The van der Waals surface area contributed by atoms with E-state index in [1.54, 1.807) is 14.0 Å². The minimum absolute atomic E-state index is 0.198. The van der Waals surface area contributed by atoms with Crippen LogP contribution >= 0.6 is 0 Å². The van der Waals surface area contributed by atoms with Gasteiger partial charge in [-0.2, -0.15) is 0 Å². The van der Waals surface area contributed by atoms with Crippen molar-refractivity contribution >= 4 is 23.3 Å². The highest BCUT2D eigenvalue weighted by Crippen LogP contribution is 2.12. The van der Waals surface area contributed by atoms with Crippen LogP contribution in [0.5, 0.6) is 0 Å². The quantitative estimate of drug-likeness (QED) is 0.719. The van der Waals surface area contributed by atoms with Crippen LogP contribution < -0.4 is 11.2 Å². The van der Waals surface area contributed by atoms with Gasteiger partial charge in [-0.25, -0.2) is 14.8 Å². The first kappa shape index (κ1) is 14.9. The summed E-state index contributed by atoms with van der Waals surface area (Å²) in [5.41, 5.74) is 1.94. The van der Waals surface area contributed by atoms with Gasteiger partial charge in [-0.1, -0.05) is 36.4 Å². The van der Waals surface area contributed by atoms with E-state index in [1.165, 1.54) is 11.6 Å². The molecule has 0 atom stereocenters. The Labute approximate surface area is 132 Å². The second-order valence-corrected chi connectivity index (χ2v) is 5.32. The Balaban J connectivity index is 2.21. The monoisotopic (exact) mass is 308 g/mol. The summed E-state index contributed by atoms with van der Waals surface area (Å²) in [6.45, 7) is 1.79. The minimum atomic E-state index is -0.433. The van der Waals surface area contributed by atoms with Gasteiger partial charge in [0, 0.05) is 14.1 Å². The zero-order valence-corrected chi connectivity index (χ0v) is 13.1. The lowest BCUT2D eigenvalue weighted by Crippen LogP contribution is -2.38. The van der Waals surface area contributed by atoms with Crippen LogP contribution in [0.25, 0.3) is 23.3 Å². The van der Waals surface area contributed by atoms with Crippen LogP contribution in [0.3, 0.4) is 0 Å². The molecule has 0 aliphatic carbocycles. The highest BCUT2D eigenvalue weighted by Gasteiger charge is 2.12. The maximum atomic E-state index is 12.2. The van der Waals surface area contributed by atoms with Crippen LogP contribution in [0.2, 0.25) is 0 Å². The Morgan fingerprint density at radius 1 is 0.957 bits per heavy atom. The van der Waals surface area contributed by atoms with E-state index in [9.17, 15) is 9.59 Å². The lowest BCUT2D eigenvalue weighted by Gasteiger charge is -2.08. The molecule has 116 valence electrons. The Kier molecular flexibility index (Phi) is 3.65. The van der Waals surface area contributed by atoms with Crippen molar-refractivity contribution in [2.45, 2.75) is 6.92 Å². The van der Waals surface area contributed by atoms with Gasteiger partial charge in [-0.05, 0) is 18.6 Å². The van der Waals surface area contributed by atoms with Crippen molar-refractivity contribution in [1.29, 1.82) is 0 Å². The molecule has 1 aromatic carbocycles. The molecule has 0 aliphatic rings. The zero-order chi connectivity index (χ0) is 16.6. The third kappa shape index (κ3) is 2.59. The molecule has 0 bridgehead atoms. The van der Waals surface area contributed by atoms with Crippen molar-refractivity contribution in [3.8, 4) is 0 Å². The summed E-state index contributed by atoms with van der Waals surface area (Å²) in [4.78, 5) is 33.0. The first-order valence-electron chi connectivity index (χ1n) is 7.16. The van der Waals surface area contributed by atoms with E-state index in [4.69, 9.17) is 0 Å². The molecule has 0 saturated carbocycles. The lowest BCUT2D eigenvalue weighted by molar-refractivity contribution is 0.703. The topological polar surface area (TPSA) is 69.8 Å². The molecule has 0 radical (unpaired) electrons. The van der Waals surface area contributed by atoms with Gasteiger partial charge in [-0.3, -0.25) is 13.9 Å². The molecule has 3 rings (SSSR count). The molecule has 0 amide bonds. The summed E-state index contributed by atoms with van der Waals surface area (Å²) in [7, 11) is 3.02. The number of aryl methyl sites for hydroxylation is 2. The van der Waals surface area contributed by atoms with Crippen LogP contribution in [-0.2, 0) is 14.1 Å². The predicted molar refractivity (Wildman–Crippen MR) is 90.1 cm³/mol. The molecular formula is C17H16N4O2. The highest BCUT2D eigenvalue weighted by atomic mass is 16.2. The maximum Gasteiger partial charge on any atom is 0.332 e. The molecule has 0 spiro atoms. The Hall–Kier alpha value is -3.02. The van der Waals surface area contributed by atoms with Crippen LogP contribution in [0, 0.1) is 6.92 Å². The van der Waals surface area contributed by atoms with E-state index in [0.29, 0.717) is 11.4 Å². The van der Waals surface area contributed by atoms with E-state index in [1.807, 2.05) is 42.5 Å². The Morgan fingerprint density at radius 2 is 1.65 bits per heavy atom. The Morgan fingerprint density at radius 3 is 2.35 bits per heavy atom. The number of hydrogen-bond donors (Lipinski definition) is 0. The van der Waals surface area contributed by atoms with Crippen LogP contribution in [0.15, 0.2) is 39.9 Å². The van der Waals surface area contributed by atoms with E-state index in [0.717, 1.165) is 10.1 Å². The van der Waals surface area contributed by atoms with E-state index in [-0.39, 0.29) is 11.2 Å². The number of rotatable bonds is 2. The van der Waals surface area contributed by atoms with Crippen molar-refractivity contribution in [2.24, 2.45) is 14.1 Å². The molecule has 0 unspecified atom stereocenters. The molecule has 6 heteroatoms. The number of nitrogens with zero attached hydrogens (tertiary/aromatic N) is 4. The fraction of sp³-hybridized carbons (Fsp3) is 0.176. The van der Waals surface area contributed by atoms with Gasteiger partial charge in [-0.15, -0.1) is 0 Å². The largest absolute Gasteiger partial charge is 0.332 e. The molecule has 6 nitrogen and oxygen atoms in total. The van der Waals surface area contributed by atoms with Gasteiger partial charge in [0.2, 0.25) is 0 Å². The average Bonchev–Trinajstić information content (AvgIpc) is 2.57. The smallest absolute Gasteiger partial charge is 0.279 e. The maximum absolute atomic E-state index is 12.2. The van der Waals surface area contributed by atoms with Crippen molar-refractivity contribution < 1.29 is 0 Å². The van der Waals surface area contributed by atoms with Crippen LogP contribution in [0.1, 0.15) is 17.0 Å². The van der Waals surface area contributed by atoms with E-state index < -0.39 is 11.2 Å². The number of benzene rings is 1. The number of hydrogen-bond acceptors (Lipinski definition) is 4. The summed E-state index contributed by atoms with van der Waals surface area (Å²) in [6, 6.07) is 9.81. The molecule has 2 aromatic heterocycles.